The summed E-state index contributed by atoms with van der Waals surface area (Å²) in [5.41, 5.74) is 10.1. The normalized spacial score (nSPS) is 11.4. The molecule has 0 rings (SSSR count). The first-order chi connectivity index (χ1) is 4.16. The van der Waals surface area contributed by atoms with Gasteiger partial charge < -0.3 is 16.2 Å². The van der Waals surface area contributed by atoms with Crippen LogP contribution in [-0.4, -0.2) is 18.7 Å². The molecule has 0 fully saturated rings. The lowest BCUT2D eigenvalue weighted by Crippen LogP contribution is -2.28. The van der Waals surface area contributed by atoms with E-state index in [1.54, 1.807) is 0 Å². The highest BCUT2D eigenvalue weighted by Crippen LogP contribution is 1.85. The Hall–Kier alpha value is -0.480. The molecule has 4 nitrogen and oxygen atoms in total. The molecule has 0 saturated heterocycles. The van der Waals surface area contributed by atoms with Gasteiger partial charge in [0.1, 0.15) is 6.61 Å². The molecule has 0 aromatic carbocycles. The third-order valence-corrected chi connectivity index (χ3v) is 0.964. The Bertz CT molecular complexity index is 99.6. The lowest BCUT2D eigenvalue weighted by Gasteiger charge is -2.06. The van der Waals surface area contributed by atoms with Crippen molar-refractivity contribution in [2.75, 3.05) is 6.61 Å². The minimum Gasteiger partial charge on any atom is -0.448 e. The summed E-state index contributed by atoms with van der Waals surface area (Å²) in [7, 11) is 0. The van der Waals surface area contributed by atoms with Crippen molar-refractivity contribution in [3.05, 3.63) is 0 Å². The van der Waals surface area contributed by atoms with Crippen LogP contribution in [0.5, 0.6) is 0 Å². The zero-order valence-electron chi connectivity index (χ0n) is 5.87. The fraction of sp³-hybridized carbons (Fsp3) is 0.800. The number of nitrogens with two attached hydrogens (primary N) is 2. The maximum Gasteiger partial charge on any atom is 0.404 e. The lowest BCUT2D eigenvalue weighted by atomic mass is 10.3. The Morgan fingerprint density at radius 1 is 1.70 bits per heavy atom. The first-order valence-corrected chi connectivity index (χ1v) is 2.84. The van der Waals surface area contributed by atoms with Gasteiger partial charge in [-0.05, 0) is 6.42 Å². The average Bonchev–Trinajstić information content (AvgIpc) is 1.83. The molecule has 1 amide bonds. The van der Waals surface area contributed by atoms with E-state index >= 15 is 0 Å². The number of halogens is 1. The van der Waals surface area contributed by atoms with Crippen molar-refractivity contribution < 1.29 is 9.53 Å². The molecule has 5 heteroatoms. The largest absolute Gasteiger partial charge is 0.448 e. The third-order valence-electron chi connectivity index (χ3n) is 0.964. The van der Waals surface area contributed by atoms with Gasteiger partial charge in [-0.25, -0.2) is 4.79 Å². The Balaban J connectivity index is 0. The van der Waals surface area contributed by atoms with Crippen LogP contribution in [0, 0.1) is 0 Å². The lowest BCUT2D eigenvalue weighted by molar-refractivity contribution is 0.148. The van der Waals surface area contributed by atoms with Crippen molar-refractivity contribution in [2.45, 2.75) is 19.4 Å². The minimum absolute atomic E-state index is 0. The summed E-state index contributed by atoms with van der Waals surface area (Å²) in [6.07, 6.45) is 0.0201. The van der Waals surface area contributed by atoms with Crippen molar-refractivity contribution in [2.24, 2.45) is 11.5 Å². The molecule has 0 bridgehead atoms. The van der Waals surface area contributed by atoms with Crippen molar-refractivity contribution in [3.63, 3.8) is 0 Å². The van der Waals surface area contributed by atoms with E-state index in [9.17, 15) is 4.79 Å². The molecule has 0 aromatic rings. The second kappa shape index (κ2) is 6.64. The highest BCUT2D eigenvalue weighted by atomic mass is 35.5. The number of rotatable bonds is 3. The second-order valence-electron chi connectivity index (χ2n) is 1.80. The van der Waals surface area contributed by atoms with Gasteiger partial charge in [0, 0.05) is 6.04 Å². The van der Waals surface area contributed by atoms with Crippen LogP contribution in [0.2, 0.25) is 0 Å². The average molecular weight is 169 g/mol. The van der Waals surface area contributed by atoms with Gasteiger partial charge in [-0.1, -0.05) is 6.92 Å². The first-order valence-electron chi connectivity index (χ1n) is 2.84. The minimum atomic E-state index is -0.765. The summed E-state index contributed by atoms with van der Waals surface area (Å²) in [5.74, 6) is 0. The smallest absolute Gasteiger partial charge is 0.404 e. The van der Waals surface area contributed by atoms with E-state index in [0.717, 1.165) is 6.42 Å². The number of hydrogen-bond acceptors (Lipinski definition) is 3. The molecule has 0 aromatic heterocycles. The van der Waals surface area contributed by atoms with E-state index in [2.05, 4.69) is 10.5 Å². The van der Waals surface area contributed by atoms with Crippen LogP contribution in [0.4, 0.5) is 4.79 Å². The first kappa shape index (κ1) is 12.2. The summed E-state index contributed by atoms with van der Waals surface area (Å²) >= 11 is 0. The SMILES string of the molecule is CCC(N)COC(N)=O.Cl. The van der Waals surface area contributed by atoms with Crippen molar-refractivity contribution in [1.82, 2.24) is 0 Å². The van der Waals surface area contributed by atoms with E-state index in [0.29, 0.717) is 0 Å². The van der Waals surface area contributed by atoms with Crippen LogP contribution in [0.15, 0.2) is 0 Å². The summed E-state index contributed by atoms with van der Waals surface area (Å²) in [4.78, 5) is 9.96. The van der Waals surface area contributed by atoms with E-state index in [-0.39, 0.29) is 25.1 Å². The molecule has 1 unspecified atom stereocenters. The van der Waals surface area contributed by atoms with E-state index in [4.69, 9.17) is 5.73 Å². The van der Waals surface area contributed by atoms with Crippen LogP contribution in [0.1, 0.15) is 13.3 Å². The Morgan fingerprint density at radius 2 is 2.20 bits per heavy atom. The summed E-state index contributed by atoms with van der Waals surface area (Å²) < 4.78 is 4.41. The fourth-order valence-electron chi connectivity index (χ4n) is 0.307. The van der Waals surface area contributed by atoms with Gasteiger partial charge in [-0.15, -0.1) is 12.4 Å². The second-order valence-corrected chi connectivity index (χ2v) is 1.80. The molecule has 4 N–H and O–H groups in total. The molecule has 0 aliphatic heterocycles. The zero-order valence-corrected chi connectivity index (χ0v) is 6.69. The van der Waals surface area contributed by atoms with Crippen molar-refractivity contribution in [1.29, 1.82) is 0 Å². The molecule has 0 heterocycles. The third kappa shape index (κ3) is 7.52. The van der Waals surface area contributed by atoms with Gasteiger partial charge in [0.05, 0.1) is 0 Å². The topological polar surface area (TPSA) is 78.3 Å². The fourth-order valence-corrected chi connectivity index (χ4v) is 0.307. The molecule has 1 atom stereocenters. The number of carbonyl (C=O) groups excluding carboxylic acids is 1. The number of hydrogen-bond donors (Lipinski definition) is 2. The molecule has 10 heavy (non-hydrogen) atoms. The molecule has 0 spiro atoms. The van der Waals surface area contributed by atoms with Gasteiger partial charge >= 0.3 is 6.09 Å². The summed E-state index contributed by atoms with van der Waals surface area (Å²) in [6, 6.07) is -0.0856. The molecular weight excluding hydrogens is 156 g/mol. The summed E-state index contributed by atoms with van der Waals surface area (Å²) in [5, 5.41) is 0. The number of amides is 1. The van der Waals surface area contributed by atoms with E-state index in [1.807, 2.05) is 6.92 Å². The van der Waals surface area contributed by atoms with E-state index < -0.39 is 6.09 Å². The number of carbonyl (C=O) groups is 1. The standard InChI is InChI=1S/C5H12N2O2.ClH/c1-2-4(6)3-9-5(7)8;/h4H,2-3,6H2,1H3,(H2,7,8);1H. The maximum absolute atomic E-state index is 9.96. The van der Waals surface area contributed by atoms with Crippen LogP contribution in [-0.2, 0) is 4.74 Å². The van der Waals surface area contributed by atoms with E-state index in [1.165, 1.54) is 0 Å². The highest BCUT2D eigenvalue weighted by Gasteiger charge is 1.99. The summed E-state index contributed by atoms with van der Waals surface area (Å²) in [6.45, 7) is 2.13. The van der Waals surface area contributed by atoms with Crippen LogP contribution in [0.25, 0.3) is 0 Å². The predicted octanol–water partition coefficient (Wildman–Crippen LogP) is 0.241. The molecule has 0 saturated carbocycles. The van der Waals surface area contributed by atoms with Crippen molar-refractivity contribution in [3.8, 4) is 0 Å². The van der Waals surface area contributed by atoms with Crippen LogP contribution in [0.3, 0.4) is 0 Å². The Morgan fingerprint density at radius 3 is 2.50 bits per heavy atom. The van der Waals surface area contributed by atoms with Crippen molar-refractivity contribution >= 4 is 18.5 Å². The van der Waals surface area contributed by atoms with Crippen LogP contribution >= 0.6 is 12.4 Å². The number of ether oxygens (including phenoxy) is 1. The monoisotopic (exact) mass is 168 g/mol. The van der Waals surface area contributed by atoms with Gasteiger partial charge in [-0.2, -0.15) is 0 Å². The Labute approximate surface area is 66.3 Å². The van der Waals surface area contributed by atoms with Gasteiger partial charge in [0.2, 0.25) is 0 Å². The van der Waals surface area contributed by atoms with Gasteiger partial charge in [-0.3, -0.25) is 0 Å². The van der Waals surface area contributed by atoms with Crippen LogP contribution < -0.4 is 11.5 Å². The zero-order chi connectivity index (χ0) is 7.28. The molecular formula is C5H13ClN2O2. The maximum atomic E-state index is 9.96. The molecule has 0 aliphatic carbocycles. The van der Waals surface area contributed by atoms with Gasteiger partial charge in [0.15, 0.2) is 0 Å². The molecule has 0 aliphatic rings. The quantitative estimate of drug-likeness (QED) is 0.634. The molecule has 0 radical (unpaired) electrons. The number of primary amides is 1. The molecule has 62 valence electrons. The predicted molar refractivity (Wildman–Crippen MR) is 41.0 cm³/mol. The highest BCUT2D eigenvalue weighted by molar-refractivity contribution is 5.85. The van der Waals surface area contributed by atoms with Gasteiger partial charge in [0.25, 0.3) is 0 Å². The Kier molecular flexibility index (Phi) is 8.11.